The van der Waals surface area contributed by atoms with Gasteiger partial charge in [0.1, 0.15) is 17.4 Å². The minimum Gasteiger partial charge on any atom is -0.439 e. The highest BCUT2D eigenvalue weighted by molar-refractivity contribution is 5.41. The van der Waals surface area contributed by atoms with Crippen LogP contribution in [0.2, 0.25) is 0 Å². The van der Waals surface area contributed by atoms with Crippen molar-refractivity contribution in [1.29, 1.82) is 0 Å². The molecular formula is C15H17N3O. The molecule has 0 saturated heterocycles. The molecule has 4 heteroatoms. The summed E-state index contributed by atoms with van der Waals surface area (Å²) in [6.07, 6.45) is 2.29. The first-order valence-electron chi connectivity index (χ1n) is 6.51. The van der Waals surface area contributed by atoms with Gasteiger partial charge in [0.2, 0.25) is 5.88 Å². The molecule has 19 heavy (non-hydrogen) atoms. The van der Waals surface area contributed by atoms with E-state index in [2.05, 4.69) is 16.0 Å². The number of nitrogens with two attached hydrogens (primary N) is 1. The van der Waals surface area contributed by atoms with Crippen molar-refractivity contribution in [2.24, 2.45) is 0 Å². The molecule has 0 aliphatic heterocycles. The SMILES string of the molecule is Cc1ccc(C)c(Oc2cc(N)nc(C3CC3)n2)c1. The fraction of sp³-hybridized carbons (Fsp3) is 0.333. The number of hydrogen-bond acceptors (Lipinski definition) is 4. The van der Waals surface area contributed by atoms with E-state index in [4.69, 9.17) is 10.5 Å². The molecule has 2 N–H and O–H groups in total. The lowest BCUT2D eigenvalue weighted by Crippen LogP contribution is -2.01. The minimum atomic E-state index is 0.462. The van der Waals surface area contributed by atoms with Gasteiger partial charge in [-0.25, -0.2) is 4.98 Å². The number of anilines is 1. The van der Waals surface area contributed by atoms with E-state index < -0.39 is 0 Å². The number of rotatable bonds is 3. The molecular weight excluding hydrogens is 238 g/mol. The summed E-state index contributed by atoms with van der Waals surface area (Å²) in [5, 5.41) is 0. The maximum atomic E-state index is 5.86. The van der Waals surface area contributed by atoms with Crippen molar-refractivity contribution in [3.05, 3.63) is 41.2 Å². The number of aromatic nitrogens is 2. The molecule has 3 rings (SSSR count). The third kappa shape index (κ3) is 2.67. The monoisotopic (exact) mass is 255 g/mol. The molecule has 0 amide bonds. The van der Waals surface area contributed by atoms with E-state index in [1.54, 1.807) is 6.07 Å². The van der Waals surface area contributed by atoms with Crippen molar-refractivity contribution in [3.8, 4) is 11.6 Å². The quantitative estimate of drug-likeness (QED) is 0.913. The second-order valence-electron chi connectivity index (χ2n) is 5.13. The molecule has 1 aromatic carbocycles. The molecule has 1 fully saturated rings. The van der Waals surface area contributed by atoms with Crippen LogP contribution in [0.25, 0.3) is 0 Å². The Labute approximate surface area is 112 Å². The van der Waals surface area contributed by atoms with Gasteiger partial charge >= 0.3 is 0 Å². The van der Waals surface area contributed by atoms with Crippen molar-refractivity contribution < 1.29 is 4.74 Å². The third-order valence-electron chi connectivity index (χ3n) is 3.24. The molecule has 1 aliphatic carbocycles. The molecule has 1 aliphatic rings. The van der Waals surface area contributed by atoms with Crippen molar-refractivity contribution in [3.63, 3.8) is 0 Å². The largest absolute Gasteiger partial charge is 0.439 e. The fourth-order valence-electron chi connectivity index (χ4n) is 1.97. The van der Waals surface area contributed by atoms with E-state index in [0.717, 1.165) is 35.5 Å². The summed E-state index contributed by atoms with van der Waals surface area (Å²) in [4.78, 5) is 8.71. The first-order valence-corrected chi connectivity index (χ1v) is 6.51. The average molecular weight is 255 g/mol. The van der Waals surface area contributed by atoms with Crippen LogP contribution in [0.4, 0.5) is 5.82 Å². The second-order valence-corrected chi connectivity index (χ2v) is 5.13. The van der Waals surface area contributed by atoms with Gasteiger partial charge in [0.25, 0.3) is 0 Å². The van der Waals surface area contributed by atoms with Crippen LogP contribution in [0.1, 0.15) is 35.7 Å². The zero-order chi connectivity index (χ0) is 13.4. The number of hydrogen-bond donors (Lipinski definition) is 1. The Morgan fingerprint density at radius 1 is 1.16 bits per heavy atom. The van der Waals surface area contributed by atoms with Crippen LogP contribution in [0, 0.1) is 13.8 Å². The van der Waals surface area contributed by atoms with Crippen molar-refractivity contribution in [1.82, 2.24) is 9.97 Å². The van der Waals surface area contributed by atoms with Crippen LogP contribution < -0.4 is 10.5 Å². The summed E-state index contributed by atoms with van der Waals surface area (Å²) in [5.74, 6) is 3.09. The van der Waals surface area contributed by atoms with Crippen LogP contribution in [-0.2, 0) is 0 Å². The molecule has 1 heterocycles. The Morgan fingerprint density at radius 3 is 2.68 bits per heavy atom. The van der Waals surface area contributed by atoms with E-state index in [1.165, 1.54) is 0 Å². The Kier molecular flexibility index (Phi) is 2.85. The molecule has 98 valence electrons. The number of nitrogens with zero attached hydrogens (tertiary/aromatic N) is 2. The Hall–Kier alpha value is -2.10. The van der Waals surface area contributed by atoms with E-state index in [0.29, 0.717) is 17.6 Å². The van der Waals surface area contributed by atoms with Gasteiger partial charge in [-0.2, -0.15) is 4.98 Å². The molecule has 0 unspecified atom stereocenters. The lowest BCUT2D eigenvalue weighted by atomic mass is 10.1. The van der Waals surface area contributed by atoms with Gasteiger partial charge in [-0.1, -0.05) is 12.1 Å². The first-order chi connectivity index (χ1) is 9.11. The summed E-state index contributed by atoms with van der Waals surface area (Å²) in [5.41, 5.74) is 8.05. The van der Waals surface area contributed by atoms with Crippen molar-refractivity contribution in [2.75, 3.05) is 5.73 Å². The predicted molar refractivity (Wildman–Crippen MR) is 74.4 cm³/mol. The lowest BCUT2D eigenvalue weighted by molar-refractivity contribution is 0.455. The highest BCUT2D eigenvalue weighted by atomic mass is 16.5. The Morgan fingerprint density at radius 2 is 1.95 bits per heavy atom. The zero-order valence-electron chi connectivity index (χ0n) is 11.2. The van der Waals surface area contributed by atoms with E-state index in [1.807, 2.05) is 26.0 Å². The van der Waals surface area contributed by atoms with Gasteiger partial charge in [-0.15, -0.1) is 0 Å². The maximum Gasteiger partial charge on any atom is 0.224 e. The van der Waals surface area contributed by atoms with Gasteiger partial charge in [-0.3, -0.25) is 0 Å². The number of benzene rings is 1. The van der Waals surface area contributed by atoms with E-state index in [-0.39, 0.29) is 0 Å². The Bertz CT molecular complexity index is 621. The van der Waals surface area contributed by atoms with Crippen LogP contribution in [0.15, 0.2) is 24.3 Å². The summed E-state index contributed by atoms with van der Waals surface area (Å²) in [7, 11) is 0. The summed E-state index contributed by atoms with van der Waals surface area (Å²) >= 11 is 0. The third-order valence-corrected chi connectivity index (χ3v) is 3.24. The van der Waals surface area contributed by atoms with Gasteiger partial charge in [0.05, 0.1) is 0 Å². The van der Waals surface area contributed by atoms with Crippen LogP contribution >= 0.6 is 0 Å². The lowest BCUT2D eigenvalue weighted by Gasteiger charge is -2.10. The molecule has 0 spiro atoms. The molecule has 2 aromatic rings. The van der Waals surface area contributed by atoms with Crippen LogP contribution in [0.3, 0.4) is 0 Å². The number of nitrogen functional groups attached to an aromatic ring is 1. The van der Waals surface area contributed by atoms with Crippen LogP contribution in [-0.4, -0.2) is 9.97 Å². The molecule has 1 aromatic heterocycles. The van der Waals surface area contributed by atoms with E-state index >= 15 is 0 Å². The van der Waals surface area contributed by atoms with Gasteiger partial charge in [0, 0.05) is 12.0 Å². The fourth-order valence-corrected chi connectivity index (χ4v) is 1.97. The summed E-state index contributed by atoms with van der Waals surface area (Å²) in [6.45, 7) is 4.05. The smallest absolute Gasteiger partial charge is 0.224 e. The summed E-state index contributed by atoms with van der Waals surface area (Å²) < 4.78 is 5.86. The average Bonchev–Trinajstić information content (AvgIpc) is 3.17. The molecule has 4 nitrogen and oxygen atoms in total. The topological polar surface area (TPSA) is 61.0 Å². The van der Waals surface area contributed by atoms with Gasteiger partial charge in [-0.05, 0) is 43.9 Å². The molecule has 0 bridgehead atoms. The highest BCUT2D eigenvalue weighted by Gasteiger charge is 2.27. The van der Waals surface area contributed by atoms with Crippen molar-refractivity contribution in [2.45, 2.75) is 32.6 Å². The van der Waals surface area contributed by atoms with Gasteiger partial charge < -0.3 is 10.5 Å². The zero-order valence-corrected chi connectivity index (χ0v) is 11.2. The van der Waals surface area contributed by atoms with Crippen LogP contribution in [0.5, 0.6) is 11.6 Å². The first kappa shape index (κ1) is 12.0. The Balaban J connectivity index is 1.92. The van der Waals surface area contributed by atoms with Gasteiger partial charge in [0.15, 0.2) is 0 Å². The second kappa shape index (κ2) is 4.53. The number of aryl methyl sites for hydroxylation is 2. The number of ether oxygens (including phenoxy) is 1. The van der Waals surface area contributed by atoms with E-state index in [9.17, 15) is 0 Å². The highest BCUT2D eigenvalue weighted by Crippen LogP contribution is 2.39. The molecule has 0 radical (unpaired) electrons. The molecule has 0 atom stereocenters. The summed E-state index contributed by atoms with van der Waals surface area (Å²) in [6, 6.07) is 7.78. The van der Waals surface area contributed by atoms with Crippen molar-refractivity contribution >= 4 is 5.82 Å². The predicted octanol–water partition coefficient (Wildman–Crippen LogP) is 3.35. The molecule has 1 saturated carbocycles. The standard InChI is InChI=1S/C15H17N3O/c1-9-3-4-10(2)12(7-9)19-14-8-13(16)17-15(18-14)11-5-6-11/h3-4,7-8,11H,5-6H2,1-2H3,(H2,16,17,18). The minimum absolute atomic E-state index is 0.462. The normalized spacial score (nSPS) is 14.4. The maximum absolute atomic E-state index is 5.86.